The zero-order valence-electron chi connectivity index (χ0n) is 8.86. The minimum absolute atomic E-state index is 0.232. The van der Waals surface area contributed by atoms with Crippen LogP contribution >= 0.6 is 0 Å². The first kappa shape index (κ1) is 11.1. The molecule has 3 heteroatoms. The summed E-state index contributed by atoms with van der Waals surface area (Å²) in [6, 6.07) is 5.89. The maximum atomic E-state index is 6.11. The Bertz CT molecular complexity index is 259. The molecule has 1 aromatic heterocycles. The average molecular weight is 194 g/mol. The fourth-order valence-corrected chi connectivity index (χ4v) is 1.34. The van der Waals surface area contributed by atoms with Crippen LogP contribution in [0.25, 0.3) is 0 Å². The van der Waals surface area contributed by atoms with Crippen molar-refractivity contribution in [3.05, 3.63) is 30.1 Å². The van der Waals surface area contributed by atoms with E-state index < -0.39 is 0 Å². The highest BCUT2D eigenvalue weighted by Crippen LogP contribution is 2.12. The lowest BCUT2D eigenvalue weighted by Crippen LogP contribution is -2.39. The summed E-state index contributed by atoms with van der Waals surface area (Å²) in [6.07, 6.45) is 3.43. The molecule has 0 saturated heterocycles. The van der Waals surface area contributed by atoms with E-state index in [1.165, 1.54) is 0 Å². The van der Waals surface area contributed by atoms with Gasteiger partial charge in [0.2, 0.25) is 0 Å². The average Bonchev–Trinajstić information content (AvgIpc) is 2.16. The Balaban J connectivity index is 2.50. The van der Waals surface area contributed by atoms with Crippen molar-refractivity contribution < 1.29 is 4.74 Å². The lowest BCUT2D eigenvalue weighted by atomic mass is 9.93. The van der Waals surface area contributed by atoms with Crippen LogP contribution in [-0.2, 0) is 11.2 Å². The van der Waals surface area contributed by atoms with Crippen LogP contribution in [0.1, 0.15) is 19.0 Å². The first-order valence-corrected chi connectivity index (χ1v) is 4.82. The number of aromatic nitrogens is 1. The van der Waals surface area contributed by atoms with E-state index >= 15 is 0 Å². The van der Waals surface area contributed by atoms with E-state index in [9.17, 15) is 0 Å². The number of pyridine rings is 1. The van der Waals surface area contributed by atoms with Gasteiger partial charge in [-0.05, 0) is 25.5 Å². The van der Waals surface area contributed by atoms with Gasteiger partial charge in [-0.2, -0.15) is 0 Å². The number of nitrogens with two attached hydrogens (primary N) is 1. The summed E-state index contributed by atoms with van der Waals surface area (Å²) in [7, 11) is 1.69. The molecule has 1 aromatic rings. The quantitative estimate of drug-likeness (QED) is 0.770. The van der Waals surface area contributed by atoms with Crippen LogP contribution in [0.4, 0.5) is 0 Å². The highest BCUT2D eigenvalue weighted by molar-refractivity contribution is 5.07. The molecule has 0 aliphatic rings. The number of nitrogens with zero attached hydrogens (tertiary/aromatic N) is 1. The topological polar surface area (TPSA) is 48.1 Å². The summed E-state index contributed by atoms with van der Waals surface area (Å²) >= 11 is 0. The smallest absolute Gasteiger partial charge is 0.0479 e. The molecule has 0 spiro atoms. The van der Waals surface area contributed by atoms with E-state index in [0.29, 0.717) is 6.61 Å². The minimum atomic E-state index is -0.232. The van der Waals surface area contributed by atoms with Crippen LogP contribution in [0.15, 0.2) is 24.4 Å². The second-order valence-corrected chi connectivity index (χ2v) is 3.89. The Morgan fingerprint density at radius 1 is 1.50 bits per heavy atom. The van der Waals surface area contributed by atoms with E-state index in [4.69, 9.17) is 10.5 Å². The summed E-state index contributed by atoms with van der Waals surface area (Å²) in [5.74, 6) is 0. The Kier molecular flexibility index (Phi) is 4.04. The maximum absolute atomic E-state index is 6.11. The van der Waals surface area contributed by atoms with E-state index in [2.05, 4.69) is 4.98 Å². The van der Waals surface area contributed by atoms with Crippen LogP contribution in [0.3, 0.4) is 0 Å². The van der Waals surface area contributed by atoms with Crippen LogP contribution in [0, 0.1) is 0 Å². The van der Waals surface area contributed by atoms with Gasteiger partial charge in [0.05, 0.1) is 0 Å². The van der Waals surface area contributed by atoms with Gasteiger partial charge in [-0.15, -0.1) is 0 Å². The zero-order chi connectivity index (χ0) is 10.4. The molecular formula is C11H18N2O. The maximum Gasteiger partial charge on any atom is 0.0479 e. The van der Waals surface area contributed by atoms with E-state index in [-0.39, 0.29) is 5.54 Å². The molecule has 0 saturated carbocycles. The molecule has 1 atom stereocenters. The zero-order valence-corrected chi connectivity index (χ0v) is 8.86. The standard InChI is InChI=1S/C11H18N2O/c1-11(12,6-8-14-2)9-10-5-3-4-7-13-10/h3-5,7H,6,8-9,12H2,1-2H3. The van der Waals surface area contributed by atoms with Gasteiger partial charge in [0.25, 0.3) is 0 Å². The summed E-state index contributed by atoms with van der Waals surface area (Å²) in [5.41, 5.74) is 6.92. The molecule has 2 N–H and O–H groups in total. The Hall–Kier alpha value is -0.930. The van der Waals surface area contributed by atoms with Crippen molar-refractivity contribution >= 4 is 0 Å². The fourth-order valence-electron chi connectivity index (χ4n) is 1.34. The molecule has 0 fully saturated rings. The summed E-state index contributed by atoms with van der Waals surface area (Å²) in [6.45, 7) is 2.72. The molecule has 1 heterocycles. The molecule has 0 aliphatic heterocycles. The van der Waals surface area contributed by atoms with Crippen LogP contribution in [0.2, 0.25) is 0 Å². The molecule has 3 nitrogen and oxygen atoms in total. The Morgan fingerprint density at radius 3 is 2.86 bits per heavy atom. The van der Waals surface area contributed by atoms with Gasteiger partial charge in [0.15, 0.2) is 0 Å². The molecule has 1 rings (SSSR count). The summed E-state index contributed by atoms with van der Waals surface area (Å²) < 4.78 is 5.01. The fraction of sp³-hybridized carbons (Fsp3) is 0.545. The molecular weight excluding hydrogens is 176 g/mol. The normalized spacial score (nSPS) is 15.1. The molecule has 0 aromatic carbocycles. The first-order valence-electron chi connectivity index (χ1n) is 4.82. The lowest BCUT2D eigenvalue weighted by Gasteiger charge is -2.23. The molecule has 0 radical (unpaired) electrons. The highest BCUT2D eigenvalue weighted by Gasteiger charge is 2.18. The number of methoxy groups -OCH3 is 1. The van der Waals surface area contributed by atoms with Crippen molar-refractivity contribution in [2.24, 2.45) is 5.73 Å². The van der Waals surface area contributed by atoms with Crippen molar-refractivity contribution in [2.75, 3.05) is 13.7 Å². The Morgan fingerprint density at radius 2 is 2.29 bits per heavy atom. The van der Waals surface area contributed by atoms with E-state index in [1.54, 1.807) is 13.3 Å². The minimum Gasteiger partial charge on any atom is -0.385 e. The van der Waals surface area contributed by atoms with E-state index in [0.717, 1.165) is 18.5 Å². The van der Waals surface area contributed by atoms with Gasteiger partial charge in [-0.1, -0.05) is 6.07 Å². The third-order valence-corrected chi connectivity index (χ3v) is 2.19. The van der Waals surface area contributed by atoms with E-state index in [1.807, 2.05) is 25.1 Å². The predicted molar refractivity (Wildman–Crippen MR) is 57.0 cm³/mol. The number of rotatable bonds is 5. The molecule has 0 amide bonds. The second kappa shape index (κ2) is 5.08. The monoisotopic (exact) mass is 194 g/mol. The van der Waals surface area contributed by atoms with Crippen molar-refractivity contribution in [1.82, 2.24) is 4.98 Å². The predicted octanol–water partition coefficient (Wildman–Crippen LogP) is 1.38. The van der Waals surface area contributed by atoms with Crippen LogP contribution in [-0.4, -0.2) is 24.2 Å². The first-order chi connectivity index (χ1) is 6.64. The number of hydrogen-bond donors (Lipinski definition) is 1. The molecule has 78 valence electrons. The Labute approximate surface area is 85.3 Å². The number of ether oxygens (including phenoxy) is 1. The summed E-state index contributed by atoms with van der Waals surface area (Å²) in [4.78, 5) is 4.25. The van der Waals surface area contributed by atoms with Crippen molar-refractivity contribution in [3.8, 4) is 0 Å². The van der Waals surface area contributed by atoms with Crippen molar-refractivity contribution in [3.63, 3.8) is 0 Å². The molecule has 1 unspecified atom stereocenters. The summed E-state index contributed by atoms with van der Waals surface area (Å²) in [5, 5.41) is 0. The van der Waals surface area contributed by atoms with Gasteiger partial charge in [-0.3, -0.25) is 4.98 Å². The third-order valence-electron chi connectivity index (χ3n) is 2.19. The molecule has 0 bridgehead atoms. The number of hydrogen-bond acceptors (Lipinski definition) is 3. The van der Waals surface area contributed by atoms with Gasteiger partial charge in [0, 0.05) is 37.6 Å². The second-order valence-electron chi connectivity index (χ2n) is 3.89. The molecule has 14 heavy (non-hydrogen) atoms. The van der Waals surface area contributed by atoms with Gasteiger partial charge >= 0.3 is 0 Å². The van der Waals surface area contributed by atoms with Gasteiger partial charge < -0.3 is 10.5 Å². The van der Waals surface area contributed by atoms with Crippen molar-refractivity contribution in [1.29, 1.82) is 0 Å². The lowest BCUT2D eigenvalue weighted by molar-refractivity contribution is 0.171. The molecule has 0 aliphatic carbocycles. The van der Waals surface area contributed by atoms with Crippen LogP contribution < -0.4 is 5.73 Å². The van der Waals surface area contributed by atoms with Crippen LogP contribution in [0.5, 0.6) is 0 Å². The SMILES string of the molecule is COCCC(C)(N)Cc1ccccn1. The van der Waals surface area contributed by atoms with Gasteiger partial charge in [-0.25, -0.2) is 0 Å². The third kappa shape index (κ3) is 3.85. The largest absolute Gasteiger partial charge is 0.385 e. The van der Waals surface area contributed by atoms with Gasteiger partial charge in [0.1, 0.15) is 0 Å². The highest BCUT2D eigenvalue weighted by atomic mass is 16.5. The van der Waals surface area contributed by atoms with Crippen molar-refractivity contribution in [2.45, 2.75) is 25.3 Å².